The van der Waals surface area contributed by atoms with Crippen molar-refractivity contribution in [1.29, 1.82) is 0 Å². The van der Waals surface area contributed by atoms with Gasteiger partial charge in [-0.25, -0.2) is 0 Å². The molecule has 0 unspecified atom stereocenters. The molecule has 37 heavy (non-hydrogen) atoms. The Balaban J connectivity index is 1.92. The topological polar surface area (TPSA) is 54.0 Å². The van der Waals surface area contributed by atoms with Crippen LogP contribution in [0.25, 0.3) is 12.2 Å². The molecule has 1 saturated carbocycles. The SMILES string of the molecule is CCCOc1c(Cl)cc(/C=C2/CCC/C(=C/c3cc(Cl)c(OCCC)c(OCC)c3)C2=O)cc1OCC. The Labute approximate surface area is 230 Å². The summed E-state index contributed by atoms with van der Waals surface area (Å²) in [6.07, 6.45) is 7.78. The Morgan fingerprint density at radius 1 is 0.703 bits per heavy atom. The molecule has 200 valence electrons. The molecule has 0 N–H and O–H groups in total. The Bertz CT molecular complexity index is 1070. The standard InChI is InChI=1S/C30H36Cl2O5/c1-5-12-36-29-24(31)16-20(18-26(29)34-7-3)14-22-10-9-11-23(28(22)33)15-21-17-25(32)30(37-13-6-2)27(19-21)35-8-4/h14-19H,5-13H2,1-4H3/b22-14-,23-15-. The van der Waals surface area contributed by atoms with Crippen molar-refractivity contribution in [1.82, 2.24) is 0 Å². The zero-order chi connectivity index (χ0) is 26.8. The Hall–Kier alpha value is -2.63. The van der Waals surface area contributed by atoms with Crippen LogP contribution in [0, 0.1) is 0 Å². The maximum atomic E-state index is 13.4. The first-order chi connectivity index (χ1) is 17.9. The molecular weight excluding hydrogens is 511 g/mol. The number of hydrogen-bond donors (Lipinski definition) is 0. The van der Waals surface area contributed by atoms with Crippen LogP contribution in [0.2, 0.25) is 10.0 Å². The van der Waals surface area contributed by atoms with E-state index in [9.17, 15) is 4.79 Å². The second-order valence-electron chi connectivity index (χ2n) is 8.74. The van der Waals surface area contributed by atoms with E-state index < -0.39 is 0 Å². The minimum absolute atomic E-state index is 0.0204. The van der Waals surface area contributed by atoms with Gasteiger partial charge in [0.15, 0.2) is 28.8 Å². The fraction of sp³-hybridized carbons (Fsp3) is 0.433. The van der Waals surface area contributed by atoms with Gasteiger partial charge in [-0.2, -0.15) is 0 Å². The van der Waals surface area contributed by atoms with Crippen molar-refractivity contribution in [3.05, 3.63) is 56.6 Å². The second-order valence-corrected chi connectivity index (χ2v) is 9.56. The van der Waals surface area contributed by atoms with Crippen molar-refractivity contribution in [2.75, 3.05) is 26.4 Å². The number of allylic oxidation sites excluding steroid dienone is 2. The summed E-state index contributed by atoms with van der Waals surface area (Å²) < 4.78 is 23.2. The highest BCUT2D eigenvalue weighted by Gasteiger charge is 2.22. The molecule has 0 saturated heterocycles. The highest BCUT2D eigenvalue weighted by molar-refractivity contribution is 6.33. The van der Waals surface area contributed by atoms with Crippen LogP contribution in [-0.4, -0.2) is 32.2 Å². The summed E-state index contributed by atoms with van der Waals surface area (Å²) in [4.78, 5) is 13.4. The highest BCUT2D eigenvalue weighted by Crippen LogP contribution is 2.40. The third-order valence-corrected chi connectivity index (χ3v) is 6.28. The average Bonchev–Trinajstić information content (AvgIpc) is 2.86. The van der Waals surface area contributed by atoms with Crippen molar-refractivity contribution < 1.29 is 23.7 Å². The lowest BCUT2D eigenvalue weighted by atomic mass is 9.87. The molecule has 3 rings (SSSR count). The minimum atomic E-state index is 0.0204. The summed E-state index contributed by atoms with van der Waals surface area (Å²) in [5, 5.41) is 0.933. The molecule has 7 heteroatoms. The van der Waals surface area contributed by atoms with Gasteiger partial charge in [0.05, 0.1) is 36.5 Å². The molecule has 0 aromatic heterocycles. The predicted molar refractivity (Wildman–Crippen MR) is 152 cm³/mol. The number of halogens is 2. The Kier molecular flexibility index (Phi) is 11.2. The lowest BCUT2D eigenvalue weighted by Crippen LogP contribution is -2.12. The fourth-order valence-electron chi connectivity index (χ4n) is 4.14. The van der Waals surface area contributed by atoms with E-state index in [1.807, 2.05) is 64.1 Å². The van der Waals surface area contributed by atoms with Gasteiger partial charge in [-0.15, -0.1) is 0 Å². The maximum Gasteiger partial charge on any atom is 0.185 e. The van der Waals surface area contributed by atoms with Crippen LogP contribution in [0.1, 0.15) is 70.9 Å². The quantitative estimate of drug-likeness (QED) is 0.249. The number of ketones is 1. The first-order valence-corrected chi connectivity index (χ1v) is 13.8. The van der Waals surface area contributed by atoms with E-state index in [0.717, 1.165) is 41.5 Å². The van der Waals surface area contributed by atoms with Gasteiger partial charge < -0.3 is 18.9 Å². The van der Waals surface area contributed by atoms with E-state index in [2.05, 4.69) is 0 Å². The summed E-state index contributed by atoms with van der Waals surface area (Å²) >= 11 is 13.1. The molecule has 0 radical (unpaired) electrons. The molecule has 0 amide bonds. The average molecular weight is 548 g/mol. The maximum absolute atomic E-state index is 13.4. The van der Waals surface area contributed by atoms with E-state index in [4.69, 9.17) is 42.1 Å². The van der Waals surface area contributed by atoms with Gasteiger partial charge in [-0.1, -0.05) is 37.0 Å². The van der Waals surface area contributed by atoms with E-state index in [1.165, 1.54) is 0 Å². The van der Waals surface area contributed by atoms with E-state index >= 15 is 0 Å². The van der Waals surface area contributed by atoms with Crippen molar-refractivity contribution in [2.45, 2.75) is 59.8 Å². The molecule has 0 heterocycles. The van der Waals surface area contributed by atoms with Crippen LogP contribution in [0.15, 0.2) is 35.4 Å². The molecule has 2 aromatic carbocycles. The number of hydrogen-bond acceptors (Lipinski definition) is 5. The number of Topliss-reactive ketones (excluding diaryl/α,β-unsaturated/α-hetero) is 1. The first kappa shape index (κ1) is 28.9. The van der Waals surface area contributed by atoms with Crippen LogP contribution in [0.4, 0.5) is 0 Å². The smallest absolute Gasteiger partial charge is 0.185 e. The highest BCUT2D eigenvalue weighted by atomic mass is 35.5. The molecule has 0 spiro atoms. The summed E-state index contributed by atoms with van der Waals surface area (Å²) in [6.45, 7) is 9.96. The van der Waals surface area contributed by atoms with E-state index in [-0.39, 0.29) is 5.78 Å². The predicted octanol–water partition coefficient (Wildman–Crippen LogP) is 8.59. The molecule has 1 aliphatic carbocycles. The Morgan fingerprint density at radius 2 is 1.14 bits per heavy atom. The van der Waals surface area contributed by atoms with Crippen molar-refractivity contribution in [2.24, 2.45) is 0 Å². The van der Waals surface area contributed by atoms with Crippen LogP contribution in [0.5, 0.6) is 23.0 Å². The second kappa shape index (κ2) is 14.3. The summed E-state index contributed by atoms with van der Waals surface area (Å²) in [7, 11) is 0. The summed E-state index contributed by atoms with van der Waals surface area (Å²) in [5.74, 6) is 2.26. The third-order valence-electron chi connectivity index (χ3n) is 5.72. The van der Waals surface area contributed by atoms with Gasteiger partial charge in [-0.3, -0.25) is 4.79 Å². The Morgan fingerprint density at radius 3 is 1.51 bits per heavy atom. The van der Waals surface area contributed by atoms with E-state index in [1.54, 1.807) is 0 Å². The van der Waals surface area contributed by atoms with Gasteiger partial charge in [0, 0.05) is 11.1 Å². The normalized spacial score (nSPS) is 15.8. The van der Waals surface area contributed by atoms with Gasteiger partial charge in [-0.05, 0) is 93.5 Å². The van der Waals surface area contributed by atoms with Crippen LogP contribution < -0.4 is 18.9 Å². The molecule has 5 nitrogen and oxygen atoms in total. The van der Waals surface area contributed by atoms with Crippen LogP contribution in [0.3, 0.4) is 0 Å². The molecule has 0 atom stereocenters. The summed E-state index contributed by atoms with van der Waals surface area (Å²) in [6, 6.07) is 7.39. The van der Waals surface area contributed by atoms with Crippen LogP contribution in [-0.2, 0) is 4.79 Å². The number of ether oxygens (including phenoxy) is 4. The molecule has 1 aliphatic rings. The van der Waals surface area contributed by atoms with E-state index in [0.29, 0.717) is 72.3 Å². The minimum Gasteiger partial charge on any atom is -0.490 e. The zero-order valence-electron chi connectivity index (χ0n) is 22.1. The van der Waals surface area contributed by atoms with Crippen molar-refractivity contribution in [3.63, 3.8) is 0 Å². The first-order valence-electron chi connectivity index (χ1n) is 13.1. The summed E-state index contributed by atoms with van der Waals surface area (Å²) in [5.41, 5.74) is 3.08. The molecule has 0 aliphatic heterocycles. The van der Waals surface area contributed by atoms with Gasteiger partial charge >= 0.3 is 0 Å². The van der Waals surface area contributed by atoms with Crippen LogP contribution >= 0.6 is 23.2 Å². The largest absolute Gasteiger partial charge is 0.490 e. The van der Waals surface area contributed by atoms with Crippen molar-refractivity contribution in [3.8, 4) is 23.0 Å². The lowest BCUT2D eigenvalue weighted by molar-refractivity contribution is -0.112. The molecule has 0 bridgehead atoms. The number of carbonyl (C=O) groups excluding carboxylic acids is 1. The lowest BCUT2D eigenvalue weighted by Gasteiger charge is -2.18. The number of carbonyl (C=O) groups is 1. The molecule has 1 fully saturated rings. The molecule has 2 aromatic rings. The monoisotopic (exact) mass is 546 g/mol. The number of benzene rings is 2. The zero-order valence-corrected chi connectivity index (χ0v) is 23.6. The van der Waals surface area contributed by atoms with Gasteiger partial charge in [0.1, 0.15) is 0 Å². The van der Waals surface area contributed by atoms with Gasteiger partial charge in [0.2, 0.25) is 0 Å². The number of rotatable bonds is 12. The third kappa shape index (κ3) is 7.68. The van der Waals surface area contributed by atoms with Crippen molar-refractivity contribution >= 4 is 41.1 Å². The molecular formula is C30H36Cl2O5. The fourth-order valence-corrected chi connectivity index (χ4v) is 4.68. The van der Waals surface area contributed by atoms with Gasteiger partial charge in [0.25, 0.3) is 0 Å².